The highest BCUT2D eigenvalue weighted by Crippen LogP contribution is 2.14. The van der Waals surface area contributed by atoms with Crippen LogP contribution in [0.2, 0.25) is 0 Å². The number of nitrogens with zero attached hydrogens (tertiary/aromatic N) is 3. The molecule has 2 aromatic heterocycles. The van der Waals surface area contributed by atoms with Gasteiger partial charge in [0.05, 0.1) is 6.20 Å². The second-order valence-electron chi connectivity index (χ2n) is 4.39. The van der Waals surface area contributed by atoms with Gasteiger partial charge >= 0.3 is 0 Å². The molecule has 0 atom stereocenters. The number of pyridine rings is 1. The van der Waals surface area contributed by atoms with Crippen LogP contribution in [0.25, 0.3) is 0 Å². The number of nitrogens with one attached hydrogen (secondary N) is 2. The van der Waals surface area contributed by atoms with E-state index in [0.717, 1.165) is 5.69 Å². The summed E-state index contributed by atoms with van der Waals surface area (Å²) >= 11 is 0. The Morgan fingerprint density at radius 1 is 1.32 bits per heavy atom. The second kappa shape index (κ2) is 5.51. The zero-order valence-corrected chi connectivity index (χ0v) is 11.2. The first kappa shape index (κ1) is 13.1. The van der Waals surface area contributed by atoms with Gasteiger partial charge in [-0.3, -0.25) is 9.78 Å². The number of anilines is 2. The maximum atomic E-state index is 12.1. The van der Waals surface area contributed by atoms with Crippen molar-refractivity contribution >= 4 is 17.4 Å². The van der Waals surface area contributed by atoms with Crippen LogP contribution in [0.15, 0.2) is 30.6 Å². The summed E-state index contributed by atoms with van der Waals surface area (Å²) < 4.78 is 1.75. The molecule has 2 N–H and O–H groups in total. The Labute approximate surface area is 111 Å². The van der Waals surface area contributed by atoms with Crippen LogP contribution >= 0.6 is 0 Å². The molecule has 2 heterocycles. The molecular formula is C13H17N5O. The third-order valence-corrected chi connectivity index (χ3v) is 2.68. The van der Waals surface area contributed by atoms with Gasteiger partial charge in [-0.2, -0.15) is 5.10 Å². The summed E-state index contributed by atoms with van der Waals surface area (Å²) in [6.45, 7) is 4.01. The highest BCUT2D eigenvalue weighted by atomic mass is 16.2. The van der Waals surface area contributed by atoms with Crippen LogP contribution in [0.4, 0.5) is 11.5 Å². The lowest BCUT2D eigenvalue weighted by atomic mass is 10.3. The Kier molecular flexibility index (Phi) is 3.79. The van der Waals surface area contributed by atoms with E-state index in [9.17, 15) is 4.79 Å². The summed E-state index contributed by atoms with van der Waals surface area (Å²) in [6, 6.07) is 5.45. The zero-order chi connectivity index (χ0) is 13.8. The van der Waals surface area contributed by atoms with Gasteiger partial charge in [0.2, 0.25) is 0 Å². The predicted octanol–water partition coefficient (Wildman–Crippen LogP) is 2.15. The molecule has 0 bridgehead atoms. The first-order chi connectivity index (χ1) is 9.11. The van der Waals surface area contributed by atoms with Crippen molar-refractivity contribution in [3.8, 4) is 0 Å². The molecule has 6 nitrogen and oxygen atoms in total. The fraction of sp³-hybridized carbons (Fsp3) is 0.308. The minimum Gasteiger partial charge on any atom is -0.388 e. The Balaban J connectivity index is 2.18. The normalized spacial score (nSPS) is 10.5. The number of carbonyl (C=O) groups excluding carboxylic acids is 1. The summed E-state index contributed by atoms with van der Waals surface area (Å²) in [5, 5.41) is 9.95. The lowest BCUT2D eigenvalue weighted by Gasteiger charge is -2.11. The van der Waals surface area contributed by atoms with E-state index >= 15 is 0 Å². The molecule has 100 valence electrons. The van der Waals surface area contributed by atoms with E-state index in [1.54, 1.807) is 42.3 Å². The monoisotopic (exact) mass is 259 g/mol. The topological polar surface area (TPSA) is 71.8 Å². The number of aromatic nitrogens is 3. The van der Waals surface area contributed by atoms with Gasteiger partial charge in [0.15, 0.2) is 0 Å². The fourth-order valence-corrected chi connectivity index (χ4v) is 1.72. The average Bonchev–Trinajstić information content (AvgIpc) is 2.87. The average molecular weight is 259 g/mol. The molecule has 6 heteroatoms. The minimum atomic E-state index is -0.250. The lowest BCUT2D eigenvalue weighted by molar-refractivity contribution is 0.102. The van der Waals surface area contributed by atoms with Crippen LogP contribution in [0, 0.1) is 0 Å². The highest BCUT2D eigenvalue weighted by molar-refractivity contribution is 6.02. The Hall–Kier alpha value is -2.37. The van der Waals surface area contributed by atoms with Crippen molar-refractivity contribution < 1.29 is 4.79 Å². The van der Waals surface area contributed by atoms with E-state index < -0.39 is 0 Å². The summed E-state index contributed by atoms with van der Waals surface area (Å²) in [5.74, 6) is 0.413. The molecule has 0 aliphatic carbocycles. The van der Waals surface area contributed by atoms with Crippen LogP contribution < -0.4 is 10.6 Å². The Morgan fingerprint density at radius 2 is 2.11 bits per heavy atom. The molecule has 2 rings (SSSR count). The zero-order valence-electron chi connectivity index (χ0n) is 11.2. The number of amides is 1. The molecule has 1 amide bonds. The van der Waals surface area contributed by atoms with Gasteiger partial charge in [-0.1, -0.05) is 0 Å². The van der Waals surface area contributed by atoms with Gasteiger partial charge in [-0.25, -0.2) is 4.68 Å². The summed E-state index contributed by atoms with van der Waals surface area (Å²) in [7, 11) is 1.80. The molecule has 0 aliphatic heterocycles. The highest BCUT2D eigenvalue weighted by Gasteiger charge is 2.12. The molecule has 2 aromatic rings. The van der Waals surface area contributed by atoms with Gasteiger partial charge in [0.25, 0.3) is 5.91 Å². The molecule has 0 aliphatic rings. The van der Waals surface area contributed by atoms with Crippen molar-refractivity contribution in [1.82, 2.24) is 14.8 Å². The standard InChI is InChI=1S/C13H17N5O/c1-9(2)18-12(5-7-16-18)17-13(19)11-8-10(14-3)4-6-15-11/h4-9H,1-3H3,(H,14,15)(H,17,19). The second-order valence-corrected chi connectivity index (χ2v) is 4.39. The number of carbonyl (C=O) groups is 1. The van der Waals surface area contributed by atoms with E-state index in [-0.39, 0.29) is 11.9 Å². The summed E-state index contributed by atoms with van der Waals surface area (Å²) in [4.78, 5) is 16.2. The van der Waals surface area contributed by atoms with Crippen molar-refractivity contribution in [2.45, 2.75) is 19.9 Å². The van der Waals surface area contributed by atoms with Crippen LogP contribution in [0.5, 0.6) is 0 Å². The van der Waals surface area contributed by atoms with E-state index in [1.807, 2.05) is 13.8 Å². The van der Waals surface area contributed by atoms with Gasteiger partial charge in [-0.15, -0.1) is 0 Å². The molecule has 0 aromatic carbocycles. The van der Waals surface area contributed by atoms with Crippen LogP contribution in [-0.2, 0) is 0 Å². The number of hydrogen-bond acceptors (Lipinski definition) is 4. The smallest absolute Gasteiger partial charge is 0.275 e. The molecule has 19 heavy (non-hydrogen) atoms. The van der Waals surface area contributed by atoms with Crippen LogP contribution in [0.1, 0.15) is 30.4 Å². The first-order valence-electron chi connectivity index (χ1n) is 6.10. The van der Waals surface area contributed by atoms with Crippen molar-refractivity contribution in [3.63, 3.8) is 0 Å². The van der Waals surface area contributed by atoms with Crippen molar-refractivity contribution in [1.29, 1.82) is 0 Å². The minimum absolute atomic E-state index is 0.182. The van der Waals surface area contributed by atoms with Gasteiger partial charge < -0.3 is 10.6 Å². The SMILES string of the molecule is CNc1ccnc(C(=O)Nc2ccnn2C(C)C)c1. The lowest BCUT2D eigenvalue weighted by Crippen LogP contribution is -2.17. The van der Waals surface area contributed by atoms with Crippen LogP contribution in [0.3, 0.4) is 0 Å². The maximum absolute atomic E-state index is 12.1. The molecular weight excluding hydrogens is 242 g/mol. The van der Waals surface area contributed by atoms with Crippen LogP contribution in [-0.4, -0.2) is 27.7 Å². The van der Waals surface area contributed by atoms with E-state index in [0.29, 0.717) is 11.5 Å². The Morgan fingerprint density at radius 3 is 2.79 bits per heavy atom. The van der Waals surface area contributed by atoms with E-state index in [2.05, 4.69) is 20.7 Å². The van der Waals surface area contributed by atoms with Crippen molar-refractivity contribution in [2.24, 2.45) is 0 Å². The van der Waals surface area contributed by atoms with Gasteiger partial charge in [-0.05, 0) is 26.0 Å². The number of rotatable bonds is 4. The first-order valence-corrected chi connectivity index (χ1v) is 6.10. The third-order valence-electron chi connectivity index (χ3n) is 2.68. The van der Waals surface area contributed by atoms with Crippen molar-refractivity contribution in [2.75, 3.05) is 17.7 Å². The van der Waals surface area contributed by atoms with E-state index in [4.69, 9.17) is 0 Å². The summed E-state index contributed by atoms with van der Waals surface area (Å²) in [6.07, 6.45) is 3.26. The van der Waals surface area contributed by atoms with E-state index in [1.165, 1.54) is 0 Å². The molecule has 0 fully saturated rings. The fourth-order valence-electron chi connectivity index (χ4n) is 1.72. The molecule has 0 spiro atoms. The molecule has 0 saturated carbocycles. The van der Waals surface area contributed by atoms with Gasteiger partial charge in [0.1, 0.15) is 11.5 Å². The summed E-state index contributed by atoms with van der Waals surface area (Å²) in [5.41, 5.74) is 1.21. The number of hydrogen-bond donors (Lipinski definition) is 2. The molecule has 0 radical (unpaired) electrons. The molecule has 0 saturated heterocycles. The van der Waals surface area contributed by atoms with Crippen molar-refractivity contribution in [3.05, 3.63) is 36.3 Å². The largest absolute Gasteiger partial charge is 0.388 e. The third kappa shape index (κ3) is 2.90. The predicted molar refractivity (Wildman–Crippen MR) is 74.3 cm³/mol. The quantitative estimate of drug-likeness (QED) is 0.882. The maximum Gasteiger partial charge on any atom is 0.275 e. The van der Waals surface area contributed by atoms with Gasteiger partial charge in [0, 0.05) is 31.0 Å². The molecule has 0 unspecified atom stereocenters. The Bertz CT molecular complexity index is 576.